The van der Waals surface area contributed by atoms with Crippen molar-refractivity contribution in [1.82, 2.24) is 0 Å². The zero-order valence-corrected chi connectivity index (χ0v) is 8.95. The molecule has 1 atom stereocenters. The van der Waals surface area contributed by atoms with E-state index in [0.29, 0.717) is 17.9 Å². The highest BCUT2D eigenvalue weighted by atomic mass is 79.9. The van der Waals surface area contributed by atoms with Gasteiger partial charge in [0.1, 0.15) is 24.5 Å². The lowest BCUT2D eigenvalue weighted by atomic mass is 10.2. The molecule has 0 saturated carbocycles. The van der Waals surface area contributed by atoms with E-state index in [4.69, 9.17) is 14.7 Å². The summed E-state index contributed by atoms with van der Waals surface area (Å²) in [7, 11) is 0. The molecule has 3 nitrogen and oxygen atoms in total. The third kappa shape index (κ3) is 2.25. The van der Waals surface area contributed by atoms with Gasteiger partial charge in [-0.25, -0.2) is 0 Å². The van der Waals surface area contributed by atoms with E-state index in [1.165, 1.54) is 0 Å². The largest absolute Gasteiger partial charge is 0.489 e. The first-order chi connectivity index (χ1) is 6.79. The van der Waals surface area contributed by atoms with Crippen LogP contribution in [-0.2, 0) is 4.74 Å². The van der Waals surface area contributed by atoms with Gasteiger partial charge in [-0.1, -0.05) is 15.9 Å². The molecule has 1 aromatic carbocycles. The lowest BCUT2D eigenvalue weighted by Crippen LogP contribution is -2.05. The first kappa shape index (κ1) is 9.50. The van der Waals surface area contributed by atoms with Gasteiger partial charge >= 0.3 is 0 Å². The van der Waals surface area contributed by atoms with Gasteiger partial charge < -0.3 is 9.47 Å². The predicted molar refractivity (Wildman–Crippen MR) is 54.1 cm³/mol. The molecular formula is C10H8BrNO2. The summed E-state index contributed by atoms with van der Waals surface area (Å²) in [5.74, 6) is 0.617. The number of epoxide rings is 1. The molecule has 4 heteroatoms. The summed E-state index contributed by atoms with van der Waals surface area (Å²) in [5, 5.41) is 8.84. The molecule has 72 valence electrons. The standard InChI is InChI=1S/C10H8BrNO2/c11-8-1-2-10(7(3-8)4-12)14-6-9-5-13-9/h1-3,9H,5-6H2. The molecule has 1 aliphatic heterocycles. The molecule has 0 bridgehead atoms. The molecule has 0 N–H and O–H groups in total. The van der Waals surface area contributed by atoms with Gasteiger partial charge in [0.2, 0.25) is 0 Å². The highest BCUT2D eigenvalue weighted by Gasteiger charge is 2.23. The monoisotopic (exact) mass is 253 g/mol. The Morgan fingerprint density at radius 3 is 3.07 bits per heavy atom. The summed E-state index contributed by atoms with van der Waals surface area (Å²) in [4.78, 5) is 0. The molecule has 1 aliphatic rings. The predicted octanol–water partition coefficient (Wildman–Crippen LogP) is 2.10. The van der Waals surface area contributed by atoms with Crippen LogP contribution in [0.5, 0.6) is 5.75 Å². The van der Waals surface area contributed by atoms with Crippen LogP contribution in [0.25, 0.3) is 0 Å². The number of rotatable bonds is 3. The fraction of sp³-hybridized carbons (Fsp3) is 0.300. The van der Waals surface area contributed by atoms with Crippen LogP contribution in [-0.4, -0.2) is 19.3 Å². The van der Waals surface area contributed by atoms with Gasteiger partial charge in [0.15, 0.2) is 0 Å². The SMILES string of the molecule is N#Cc1cc(Br)ccc1OCC1CO1. The second-order valence-electron chi connectivity index (χ2n) is 3.02. The highest BCUT2D eigenvalue weighted by Crippen LogP contribution is 2.23. The van der Waals surface area contributed by atoms with Gasteiger partial charge in [-0.2, -0.15) is 5.26 Å². The Morgan fingerprint density at radius 1 is 1.64 bits per heavy atom. The Hall–Kier alpha value is -1.05. The maximum absolute atomic E-state index is 8.84. The fourth-order valence-corrected chi connectivity index (χ4v) is 1.42. The maximum Gasteiger partial charge on any atom is 0.137 e. The van der Waals surface area contributed by atoms with Crippen LogP contribution in [0.15, 0.2) is 22.7 Å². The van der Waals surface area contributed by atoms with Crippen molar-refractivity contribution < 1.29 is 9.47 Å². The van der Waals surface area contributed by atoms with Crippen molar-refractivity contribution in [3.63, 3.8) is 0 Å². The molecule has 1 unspecified atom stereocenters. The molecule has 0 spiro atoms. The zero-order chi connectivity index (χ0) is 9.97. The Kier molecular flexibility index (Phi) is 2.71. The minimum absolute atomic E-state index is 0.213. The van der Waals surface area contributed by atoms with E-state index in [-0.39, 0.29) is 6.10 Å². The third-order valence-electron chi connectivity index (χ3n) is 1.89. The topological polar surface area (TPSA) is 45.5 Å². The minimum atomic E-state index is 0.213. The van der Waals surface area contributed by atoms with Gasteiger partial charge in [-0.05, 0) is 18.2 Å². The van der Waals surface area contributed by atoms with E-state index >= 15 is 0 Å². The Morgan fingerprint density at radius 2 is 2.43 bits per heavy atom. The normalized spacial score (nSPS) is 18.7. The van der Waals surface area contributed by atoms with E-state index in [0.717, 1.165) is 11.1 Å². The van der Waals surface area contributed by atoms with E-state index in [1.807, 2.05) is 6.07 Å². The zero-order valence-electron chi connectivity index (χ0n) is 7.37. The molecule has 2 rings (SSSR count). The van der Waals surface area contributed by atoms with Crippen LogP contribution in [0.4, 0.5) is 0 Å². The van der Waals surface area contributed by atoms with Gasteiger partial charge in [0.25, 0.3) is 0 Å². The molecule has 1 fully saturated rings. The highest BCUT2D eigenvalue weighted by molar-refractivity contribution is 9.10. The van der Waals surface area contributed by atoms with Crippen molar-refractivity contribution in [1.29, 1.82) is 5.26 Å². The summed E-state index contributed by atoms with van der Waals surface area (Å²) in [6, 6.07) is 7.46. The lowest BCUT2D eigenvalue weighted by Gasteiger charge is -2.05. The number of hydrogen-bond donors (Lipinski definition) is 0. The Bertz CT molecular complexity index is 382. The van der Waals surface area contributed by atoms with E-state index in [9.17, 15) is 0 Å². The molecule has 0 radical (unpaired) electrons. The molecule has 0 amide bonds. The van der Waals surface area contributed by atoms with Crippen LogP contribution in [0.2, 0.25) is 0 Å². The van der Waals surface area contributed by atoms with Crippen LogP contribution >= 0.6 is 15.9 Å². The van der Waals surface area contributed by atoms with Crippen molar-refractivity contribution >= 4 is 15.9 Å². The average Bonchev–Trinajstić information content (AvgIpc) is 2.99. The number of ether oxygens (including phenoxy) is 2. The molecule has 1 saturated heterocycles. The van der Waals surface area contributed by atoms with E-state index in [2.05, 4.69) is 22.0 Å². The van der Waals surface area contributed by atoms with Crippen LogP contribution < -0.4 is 4.74 Å². The smallest absolute Gasteiger partial charge is 0.137 e. The summed E-state index contributed by atoms with van der Waals surface area (Å²) in [5.41, 5.74) is 0.542. The van der Waals surface area contributed by atoms with Gasteiger partial charge in [0.05, 0.1) is 12.2 Å². The molecule has 0 aromatic heterocycles. The number of nitriles is 1. The molecule has 14 heavy (non-hydrogen) atoms. The average molecular weight is 254 g/mol. The Labute approximate surface area is 90.4 Å². The minimum Gasteiger partial charge on any atom is -0.489 e. The molecule has 1 heterocycles. The number of hydrogen-bond acceptors (Lipinski definition) is 3. The second-order valence-corrected chi connectivity index (χ2v) is 3.93. The Balaban J connectivity index is 2.10. The van der Waals surface area contributed by atoms with Crippen molar-refractivity contribution in [2.45, 2.75) is 6.10 Å². The molecule has 1 aromatic rings. The van der Waals surface area contributed by atoms with Crippen LogP contribution in [0.3, 0.4) is 0 Å². The van der Waals surface area contributed by atoms with Crippen LogP contribution in [0, 0.1) is 11.3 Å². The first-order valence-corrected chi connectivity index (χ1v) is 5.03. The fourth-order valence-electron chi connectivity index (χ4n) is 1.06. The third-order valence-corrected chi connectivity index (χ3v) is 2.38. The first-order valence-electron chi connectivity index (χ1n) is 4.23. The van der Waals surface area contributed by atoms with Crippen molar-refractivity contribution in [2.75, 3.05) is 13.2 Å². The number of halogens is 1. The van der Waals surface area contributed by atoms with Gasteiger partial charge in [-0.3, -0.25) is 0 Å². The summed E-state index contributed by atoms with van der Waals surface area (Å²) >= 11 is 3.30. The van der Waals surface area contributed by atoms with Crippen molar-refractivity contribution in [3.05, 3.63) is 28.2 Å². The van der Waals surface area contributed by atoms with E-state index in [1.54, 1.807) is 12.1 Å². The number of benzene rings is 1. The quantitative estimate of drug-likeness (QED) is 0.776. The summed E-state index contributed by atoms with van der Waals surface area (Å²) < 4.78 is 11.3. The number of nitrogens with zero attached hydrogens (tertiary/aromatic N) is 1. The van der Waals surface area contributed by atoms with E-state index < -0.39 is 0 Å². The molecular weight excluding hydrogens is 246 g/mol. The lowest BCUT2D eigenvalue weighted by molar-refractivity contribution is 0.262. The second kappa shape index (κ2) is 3.99. The summed E-state index contributed by atoms with van der Waals surface area (Å²) in [6.07, 6.45) is 0.213. The molecule has 0 aliphatic carbocycles. The van der Waals surface area contributed by atoms with Crippen LogP contribution in [0.1, 0.15) is 5.56 Å². The van der Waals surface area contributed by atoms with Gasteiger partial charge in [0, 0.05) is 4.47 Å². The van der Waals surface area contributed by atoms with Crippen molar-refractivity contribution in [3.8, 4) is 11.8 Å². The summed E-state index contributed by atoms with van der Waals surface area (Å²) in [6.45, 7) is 1.29. The van der Waals surface area contributed by atoms with Gasteiger partial charge in [-0.15, -0.1) is 0 Å². The van der Waals surface area contributed by atoms with Crippen molar-refractivity contribution in [2.24, 2.45) is 0 Å². The maximum atomic E-state index is 8.84.